The molecule has 0 bridgehead atoms. The molecule has 8 nitrogen and oxygen atoms in total. The third kappa shape index (κ3) is 6.04. The van der Waals surface area contributed by atoms with Crippen molar-refractivity contribution in [2.24, 2.45) is 4.99 Å². The summed E-state index contributed by atoms with van der Waals surface area (Å²) in [4.78, 5) is 6.29. The summed E-state index contributed by atoms with van der Waals surface area (Å²) in [6.45, 7) is 6.53. The van der Waals surface area contributed by atoms with Crippen LogP contribution in [0.3, 0.4) is 0 Å². The third-order valence-electron chi connectivity index (χ3n) is 4.59. The fraction of sp³-hybridized carbons (Fsp3) is 0.588. The molecule has 11 heteroatoms. The molecule has 1 aliphatic heterocycles. The standard InChI is InChI=1S/C17H28N4O4S2.HI/c1-14-5-7-15(8-6-14)27(24,25)20-10-9-19-16(18-4)21-11-12-26(22,23)17(2,3)13-21;/h5-8,20H,9-13H2,1-4H3,(H,18,19);1H. The maximum absolute atomic E-state index is 12.3. The van der Waals surface area contributed by atoms with E-state index in [4.69, 9.17) is 0 Å². The first kappa shape index (κ1) is 25.1. The summed E-state index contributed by atoms with van der Waals surface area (Å²) in [5.74, 6) is 0.633. The van der Waals surface area contributed by atoms with Gasteiger partial charge in [0.25, 0.3) is 0 Å². The molecule has 0 aromatic heterocycles. The second-order valence-electron chi connectivity index (χ2n) is 7.18. The van der Waals surface area contributed by atoms with Crippen molar-refractivity contribution in [1.82, 2.24) is 14.9 Å². The van der Waals surface area contributed by atoms with Crippen LogP contribution in [0.25, 0.3) is 0 Å². The second kappa shape index (κ2) is 9.72. The minimum atomic E-state index is -3.56. The molecular weight excluding hydrogens is 515 g/mol. The molecule has 1 heterocycles. The van der Waals surface area contributed by atoms with Crippen molar-refractivity contribution in [3.05, 3.63) is 29.8 Å². The van der Waals surface area contributed by atoms with E-state index in [1.807, 2.05) is 11.8 Å². The fourth-order valence-electron chi connectivity index (χ4n) is 2.82. The zero-order valence-corrected chi connectivity index (χ0v) is 20.6. The van der Waals surface area contributed by atoms with E-state index in [0.29, 0.717) is 25.6 Å². The highest BCUT2D eigenvalue weighted by Crippen LogP contribution is 2.23. The highest BCUT2D eigenvalue weighted by Gasteiger charge is 2.40. The van der Waals surface area contributed by atoms with Crippen LogP contribution in [-0.2, 0) is 19.9 Å². The van der Waals surface area contributed by atoms with Gasteiger partial charge in [0.2, 0.25) is 10.0 Å². The summed E-state index contributed by atoms with van der Waals surface area (Å²) in [5.41, 5.74) is 0.992. The maximum atomic E-state index is 12.3. The Morgan fingerprint density at radius 1 is 1.21 bits per heavy atom. The fourth-order valence-corrected chi connectivity index (χ4v) is 5.21. The SMILES string of the molecule is CN=C(NCCNS(=O)(=O)c1ccc(C)cc1)N1CCS(=O)(=O)C(C)(C)C1.I. The van der Waals surface area contributed by atoms with Gasteiger partial charge in [0, 0.05) is 33.2 Å². The highest BCUT2D eigenvalue weighted by atomic mass is 127. The number of aliphatic imine (C=N–C) groups is 1. The van der Waals surface area contributed by atoms with Gasteiger partial charge in [-0.15, -0.1) is 24.0 Å². The predicted molar refractivity (Wildman–Crippen MR) is 123 cm³/mol. The highest BCUT2D eigenvalue weighted by molar-refractivity contribution is 14.0. The van der Waals surface area contributed by atoms with E-state index >= 15 is 0 Å². The van der Waals surface area contributed by atoms with Gasteiger partial charge in [0.1, 0.15) is 0 Å². The quantitative estimate of drug-likeness (QED) is 0.248. The number of aryl methyl sites for hydroxylation is 1. The average molecular weight is 544 g/mol. The molecule has 0 saturated carbocycles. The lowest BCUT2D eigenvalue weighted by Crippen LogP contribution is -2.57. The summed E-state index contributed by atoms with van der Waals surface area (Å²) in [6.07, 6.45) is 0. The Kier molecular flexibility index (Phi) is 8.72. The van der Waals surface area contributed by atoms with Crippen molar-refractivity contribution in [3.63, 3.8) is 0 Å². The van der Waals surface area contributed by atoms with Gasteiger partial charge in [-0.05, 0) is 32.9 Å². The van der Waals surface area contributed by atoms with Crippen LogP contribution in [0.5, 0.6) is 0 Å². The molecule has 1 saturated heterocycles. The molecule has 0 unspecified atom stereocenters. The molecule has 0 amide bonds. The number of sulfonamides is 1. The van der Waals surface area contributed by atoms with Gasteiger partial charge >= 0.3 is 0 Å². The minimum Gasteiger partial charge on any atom is -0.355 e. The molecule has 160 valence electrons. The number of benzene rings is 1. The molecule has 1 aromatic rings. The molecule has 1 aliphatic rings. The van der Waals surface area contributed by atoms with Gasteiger partial charge in [0.15, 0.2) is 15.8 Å². The summed E-state index contributed by atoms with van der Waals surface area (Å²) in [6, 6.07) is 6.64. The number of rotatable bonds is 5. The lowest BCUT2D eigenvalue weighted by Gasteiger charge is -2.39. The normalized spacial score (nSPS) is 19.0. The van der Waals surface area contributed by atoms with E-state index in [0.717, 1.165) is 5.56 Å². The Balaban J connectivity index is 0.00000392. The molecule has 0 atom stereocenters. The van der Waals surface area contributed by atoms with E-state index in [1.54, 1.807) is 45.2 Å². The first-order valence-corrected chi connectivity index (χ1v) is 11.9. The van der Waals surface area contributed by atoms with Crippen molar-refractivity contribution in [2.45, 2.75) is 30.4 Å². The number of nitrogens with one attached hydrogen (secondary N) is 2. The number of halogens is 1. The number of hydrogen-bond acceptors (Lipinski definition) is 5. The Labute approximate surface area is 185 Å². The average Bonchev–Trinajstić information content (AvgIpc) is 2.58. The van der Waals surface area contributed by atoms with Crippen molar-refractivity contribution in [2.75, 3.05) is 39.0 Å². The summed E-state index contributed by atoms with van der Waals surface area (Å²) in [7, 11) is -5.07. The van der Waals surface area contributed by atoms with E-state index in [2.05, 4.69) is 15.0 Å². The zero-order chi connectivity index (χ0) is 20.3. The lowest BCUT2D eigenvalue weighted by atomic mass is 10.2. The lowest BCUT2D eigenvalue weighted by molar-refractivity contribution is 0.353. The largest absolute Gasteiger partial charge is 0.355 e. The van der Waals surface area contributed by atoms with Gasteiger partial charge in [0.05, 0.1) is 15.4 Å². The molecule has 1 aromatic carbocycles. The van der Waals surface area contributed by atoms with Crippen LogP contribution in [0.2, 0.25) is 0 Å². The van der Waals surface area contributed by atoms with Gasteiger partial charge in [-0.2, -0.15) is 0 Å². The number of sulfone groups is 1. The molecule has 2 rings (SSSR count). The molecule has 0 radical (unpaired) electrons. The van der Waals surface area contributed by atoms with Crippen molar-refractivity contribution < 1.29 is 16.8 Å². The Morgan fingerprint density at radius 3 is 2.36 bits per heavy atom. The van der Waals surface area contributed by atoms with Crippen LogP contribution in [0.4, 0.5) is 0 Å². The maximum Gasteiger partial charge on any atom is 0.240 e. The Morgan fingerprint density at radius 2 is 1.82 bits per heavy atom. The van der Waals surface area contributed by atoms with Gasteiger partial charge in [-0.3, -0.25) is 4.99 Å². The van der Waals surface area contributed by atoms with Crippen LogP contribution < -0.4 is 10.0 Å². The number of guanidine groups is 1. The van der Waals surface area contributed by atoms with Gasteiger partial charge < -0.3 is 10.2 Å². The van der Waals surface area contributed by atoms with Gasteiger partial charge in [-0.25, -0.2) is 21.6 Å². The van der Waals surface area contributed by atoms with E-state index < -0.39 is 24.6 Å². The zero-order valence-electron chi connectivity index (χ0n) is 16.6. The monoisotopic (exact) mass is 544 g/mol. The Hall–Kier alpha value is -0.920. The minimum absolute atomic E-state index is 0. The summed E-state index contributed by atoms with van der Waals surface area (Å²) < 4.78 is 50.5. The second-order valence-corrected chi connectivity index (χ2v) is 11.7. The third-order valence-corrected chi connectivity index (χ3v) is 8.60. The molecule has 1 fully saturated rings. The smallest absolute Gasteiger partial charge is 0.240 e. The number of hydrogen-bond donors (Lipinski definition) is 2. The topological polar surface area (TPSA) is 108 Å². The van der Waals surface area contributed by atoms with Crippen LogP contribution in [0.15, 0.2) is 34.2 Å². The van der Waals surface area contributed by atoms with Crippen molar-refractivity contribution >= 4 is 49.8 Å². The van der Waals surface area contributed by atoms with Crippen LogP contribution in [0.1, 0.15) is 19.4 Å². The van der Waals surface area contributed by atoms with E-state index in [1.165, 1.54) is 0 Å². The van der Waals surface area contributed by atoms with E-state index in [9.17, 15) is 16.8 Å². The first-order chi connectivity index (χ1) is 12.5. The molecule has 28 heavy (non-hydrogen) atoms. The van der Waals surface area contributed by atoms with Crippen molar-refractivity contribution in [1.29, 1.82) is 0 Å². The molecule has 2 N–H and O–H groups in total. The van der Waals surface area contributed by atoms with Crippen LogP contribution >= 0.6 is 24.0 Å². The summed E-state index contributed by atoms with van der Waals surface area (Å²) in [5, 5.41) is 3.09. The van der Waals surface area contributed by atoms with E-state index in [-0.39, 0.29) is 41.2 Å². The van der Waals surface area contributed by atoms with Crippen molar-refractivity contribution in [3.8, 4) is 0 Å². The van der Waals surface area contributed by atoms with Gasteiger partial charge in [-0.1, -0.05) is 17.7 Å². The molecule has 0 aliphatic carbocycles. The molecular formula is C17H29IN4O4S2. The first-order valence-electron chi connectivity index (χ1n) is 8.73. The molecule has 0 spiro atoms. The van der Waals surface area contributed by atoms with Crippen LogP contribution in [-0.4, -0.2) is 71.4 Å². The van der Waals surface area contributed by atoms with Crippen LogP contribution in [0, 0.1) is 6.92 Å². The number of nitrogens with zero attached hydrogens (tertiary/aromatic N) is 2. The Bertz CT molecular complexity index is 898. The predicted octanol–water partition coefficient (Wildman–Crippen LogP) is 0.976. The summed E-state index contributed by atoms with van der Waals surface area (Å²) >= 11 is 0.